The molecule has 0 radical (unpaired) electrons. The number of anilines is 2. The third kappa shape index (κ3) is 2.96. The minimum atomic E-state index is 0.203. The number of hydrogen-bond donors (Lipinski definition) is 1. The van der Waals surface area contributed by atoms with Gasteiger partial charge in [0.15, 0.2) is 11.5 Å². The summed E-state index contributed by atoms with van der Waals surface area (Å²) in [5.41, 5.74) is 6.88. The van der Waals surface area contributed by atoms with E-state index in [4.69, 9.17) is 19.9 Å². The number of methoxy groups -OCH3 is 3. The number of hydrogen-bond acceptors (Lipinski definition) is 7. The molecule has 0 unspecified atom stereocenters. The van der Waals surface area contributed by atoms with Crippen molar-refractivity contribution in [1.29, 1.82) is 0 Å². The summed E-state index contributed by atoms with van der Waals surface area (Å²) in [6.45, 7) is 1.67. The molecule has 2 N–H and O–H groups in total. The highest BCUT2D eigenvalue weighted by Crippen LogP contribution is 2.34. The van der Waals surface area contributed by atoms with Crippen molar-refractivity contribution in [2.45, 2.75) is 18.9 Å². The zero-order chi connectivity index (χ0) is 16.4. The smallest absolute Gasteiger partial charge is 0.227 e. The van der Waals surface area contributed by atoms with Gasteiger partial charge in [0, 0.05) is 31.7 Å². The highest BCUT2D eigenvalue weighted by Gasteiger charge is 2.22. The molecule has 7 nitrogen and oxygen atoms in total. The van der Waals surface area contributed by atoms with Crippen molar-refractivity contribution < 1.29 is 14.2 Å². The van der Waals surface area contributed by atoms with Crippen molar-refractivity contribution >= 4 is 22.7 Å². The quantitative estimate of drug-likeness (QED) is 0.921. The second-order valence-corrected chi connectivity index (χ2v) is 5.58. The average Bonchev–Trinajstić information content (AvgIpc) is 2.60. The van der Waals surface area contributed by atoms with Gasteiger partial charge in [0.25, 0.3) is 0 Å². The largest absolute Gasteiger partial charge is 0.493 e. The van der Waals surface area contributed by atoms with E-state index in [0.29, 0.717) is 23.3 Å². The molecule has 0 amide bonds. The normalized spacial score (nSPS) is 18.2. The molecule has 1 atom stereocenters. The van der Waals surface area contributed by atoms with Gasteiger partial charge < -0.3 is 24.8 Å². The van der Waals surface area contributed by atoms with Crippen LogP contribution in [0.4, 0.5) is 11.8 Å². The molecule has 7 heteroatoms. The van der Waals surface area contributed by atoms with Crippen LogP contribution in [0.25, 0.3) is 10.9 Å². The Morgan fingerprint density at radius 2 is 1.87 bits per heavy atom. The zero-order valence-corrected chi connectivity index (χ0v) is 13.7. The SMILES string of the molecule is COc1cc2nc(N3CCC[C@@H](OC)C3)nc(N)c2cc1OC. The van der Waals surface area contributed by atoms with Crippen LogP contribution in [-0.4, -0.2) is 50.5 Å². The molecular formula is C16H22N4O3. The van der Waals surface area contributed by atoms with Crippen LogP contribution >= 0.6 is 0 Å². The van der Waals surface area contributed by atoms with E-state index in [1.54, 1.807) is 27.4 Å². The Balaban J connectivity index is 2.03. The van der Waals surface area contributed by atoms with Gasteiger partial charge in [-0.1, -0.05) is 0 Å². The minimum Gasteiger partial charge on any atom is -0.493 e. The molecule has 2 heterocycles. The molecule has 1 fully saturated rings. The molecule has 1 aliphatic rings. The first kappa shape index (κ1) is 15.6. The first-order valence-corrected chi connectivity index (χ1v) is 7.63. The van der Waals surface area contributed by atoms with E-state index < -0.39 is 0 Å². The van der Waals surface area contributed by atoms with Crippen LogP contribution in [0.5, 0.6) is 11.5 Å². The zero-order valence-electron chi connectivity index (χ0n) is 13.7. The third-order valence-electron chi connectivity index (χ3n) is 4.21. The first-order chi connectivity index (χ1) is 11.2. The Bertz CT molecular complexity index is 707. The summed E-state index contributed by atoms with van der Waals surface area (Å²) in [6.07, 6.45) is 2.31. The van der Waals surface area contributed by atoms with Crippen LogP contribution < -0.4 is 20.1 Å². The molecular weight excluding hydrogens is 296 g/mol. The van der Waals surface area contributed by atoms with Crippen molar-refractivity contribution in [3.63, 3.8) is 0 Å². The van der Waals surface area contributed by atoms with E-state index in [0.717, 1.165) is 36.8 Å². The second kappa shape index (κ2) is 6.45. The molecule has 0 aliphatic carbocycles. The van der Waals surface area contributed by atoms with Gasteiger partial charge in [-0.25, -0.2) is 4.98 Å². The molecule has 1 aromatic heterocycles. The van der Waals surface area contributed by atoms with Gasteiger partial charge in [0.05, 0.1) is 25.8 Å². The van der Waals surface area contributed by atoms with Crippen LogP contribution in [0.2, 0.25) is 0 Å². The molecule has 0 spiro atoms. The van der Waals surface area contributed by atoms with E-state index in [2.05, 4.69) is 14.9 Å². The van der Waals surface area contributed by atoms with Crippen molar-refractivity contribution in [2.75, 3.05) is 45.1 Å². The lowest BCUT2D eigenvalue weighted by molar-refractivity contribution is 0.0889. The molecule has 1 aromatic carbocycles. The molecule has 2 aromatic rings. The van der Waals surface area contributed by atoms with Crippen LogP contribution in [0.3, 0.4) is 0 Å². The van der Waals surface area contributed by atoms with E-state index >= 15 is 0 Å². The molecule has 3 rings (SSSR count). The second-order valence-electron chi connectivity index (χ2n) is 5.58. The lowest BCUT2D eigenvalue weighted by Crippen LogP contribution is -2.40. The Labute approximate surface area is 135 Å². The fourth-order valence-electron chi connectivity index (χ4n) is 2.92. The number of nitrogens with zero attached hydrogens (tertiary/aromatic N) is 3. The summed E-state index contributed by atoms with van der Waals surface area (Å²) in [4.78, 5) is 11.2. The maximum absolute atomic E-state index is 6.14. The third-order valence-corrected chi connectivity index (χ3v) is 4.21. The summed E-state index contributed by atoms with van der Waals surface area (Å²) >= 11 is 0. The van der Waals surface area contributed by atoms with Crippen molar-refractivity contribution in [3.05, 3.63) is 12.1 Å². The van der Waals surface area contributed by atoms with Gasteiger partial charge in [-0.3, -0.25) is 0 Å². The summed E-state index contributed by atoms with van der Waals surface area (Å²) < 4.78 is 16.1. The number of fused-ring (bicyclic) bond motifs is 1. The van der Waals surface area contributed by atoms with Gasteiger partial charge in [0.2, 0.25) is 5.95 Å². The van der Waals surface area contributed by atoms with Crippen LogP contribution in [0.15, 0.2) is 12.1 Å². The Morgan fingerprint density at radius 1 is 1.13 bits per heavy atom. The van der Waals surface area contributed by atoms with Crippen LogP contribution in [0.1, 0.15) is 12.8 Å². The molecule has 1 aliphatic heterocycles. The summed E-state index contributed by atoms with van der Waals surface area (Å²) in [6, 6.07) is 3.63. The lowest BCUT2D eigenvalue weighted by atomic mass is 10.1. The molecule has 1 saturated heterocycles. The number of ether oxygens (including phenoxy) is 3. The van der Waals surface area contributed by atoms with Gasteiger partial charge in [-0.15, -0.1) is 0 Å². The number of benzene rings is 1. The average molecular weight is 318 g/mol. The first-order valence-electron chi connectivity index (χ1n) is 7.63. The molecule has 0 bridgehead atoms. The Morgan fingerprint density at radius 3 is 2.57 bits per heavy atom. The van der Waals surface area contributed by atoms with Gasteiger partial charge in [0.1, 0.15) is 5.82 Å². The van der Waals surface area contributed by atoms with Gasteiger partial charge >= 0.3 is 0 Å². The minimum absolute atomic E-state index is 0.203. The van der Waals surface area contributed by atoms with Crippen LogP contribution in [-0.2, 0) is 4.74 Å². The molecule has 124 valence electrons. The van der Waals surface area contributed by atoms with Crippen molar-refractivity contribution in [2.24, 2.45) is 0 Å². The van der Waals surface area contributed by atoms with E-state index in [1.165, 1.54) is 0 Å². The number of aromatic nitrogens is 2. The number of nitrogens with two attached hydrogens (primary N) is 1. The molecule has 23 heavy (non-hydrogen) atoms. The fourth-order valence-corrected chi connectivity index (χ4v) is 2.92. The van der Waals surface area contributed by atoms with Crippen molar-refractivity contribution in [3.8, 4) is 11.5 Å². The van der Waals surface area contributed by atoms with Gasteiger partial charge in [-0.05, 0) is 18.9 Å². The number of nitrogen functional groups attached to an aromatic ring is 1. The standard InChI is InChI=1S/C16H22N4O3/c1-21-10-5-4-6-20(9-10)16-18-12-8-14(23-3)13(22-2)7-11(12)15(17)19-16/h7-8,10H,4-6,9H2,1-3H3,(H2,17,18,19)/t10-/m1/s1. The highest BCUT2D eigenvalue weighted by atomic mass is 16.5. The monoisotopic (exact) mass is 318 g/mol. The summed E-state index contributed by atoms with van der Waals surface area (Å²) in [5.74, 6) is 2.30. The Kier molecular flexibility index (Phi) is 4.38. The predicted octanol–water partition coefficient (Wildman–Crippen LogP) is 1.84. The fraction of sp³-hybridized carbons (Fsp3) is 0.500. The Hall–Kier alpha value is -2.28. The molecule has 0 saturated carbocycles. The van der Waals surface area contributed by atoms with E-state index in [-0.39, 0.29) is 6.10 Å². The van der Waals surface area contributed by atoms with Gasteiger partial charge in [-0.2, -0.15) is 4.98 Å². The van der Waals surface area contributed by atoms with E-state index in [9.17, 15) is 0 Å². The summed E-state index contributed by atoms with van der Waals surface area (Å²) in [5, 5.41) is 0.756. The number of piperidine rings is 1. The topological polar surface area (TPSA) is 82.7 Å². The lowest BCUT2D eigenvalue weighted by Gasteiger charge is -2.32. The van der Waals surface area contributed by atoms with Crippen molar-refractivity contribution in [1.82, 2.24) is 9.97 Å². The van der Waals surface area contributed by atoms with E-state index in [1.807, 2.05) is 6.07 Å². The predicted molar refractivity (Wildman–Crippen MR) is 89.3 cm³/mol. The van der Waals surface area contributed by atoms with Crippen LogP contribution in [0, 0.1) is 0 Å². The highest BCUT2D eigenvalue weighted by molar-refractivity contribution is 5.91. The summed E-state index contributed by atoms with van der Waals surface area (Å²) in [7, 11) is 4.93. The number of rotatable bonds is 4. The maximum Gasteiger partial charge on any atom is 0.227 e. The maximum atomic E-state index is 6.14.